The molecule has 2 aromatic carbocycles. The van der Waals surface area contributed by atoms with Gasteiger partial charge in [0.05, 0.1) is 5.52 Å². The summed E-state index contributed by atoms with van der Waals surface area (Å²) in [6.45, 7) is 6.74. The van der Waals surface area contributed by atoms with E-state index in [9.17, 15) is 9.59 Å². The number of likely N-dealkylation sites (tertiary alicyclic amines) is 1. The van der Waals surface area contributed by atoms with Crippen LogP contribution in [0.15, 0.2) is 48.7 Å². The van der Waals surface area contributed by atoms with Gasteiger partial charge in [0.2, 0.25) is 0 Å². The number of piperidine rings is 1. The van der Waals surface area contributed by atoms with Crippen LogP contribution in [0.4, 0.5) is 0 Å². The average Bonchev–Trinajstić information content (AvgIpc) is 2.83. The van der Waals surface area contributed by atoms with Gasteiger partial charge in [-0.25, -0.2) is 0 Å². The maximum absolute atomic E-state index is 13.0. The number of ketones is 1. The minimum absolute atomic E-state index is 0.0847. The maximum atomic E-state index is 13.0. The predicted molar refractivity (Wildman–Crippen MR) is 133 cm³/mol. The number of Topliss-reactive ketones (excluding diaryl/α,β-unsaturated/α-hetero) is 1. The van der Waals surface area contributed by atoms with Crippen molar-refractivity contribution < 1.29 is 19.4 Å². The summed E-state index contributed by atoms with van der Waals surface area (Å²) >= 11 is 0. The lowest BCUT2D eigenvalue weighted by Crippen LogP contribution is -2.46. The molecule has 1 aromatic heterocycles. The van der Waals surface area contributed by atoms with E-state index in [-0.39, 0.29) is 17.6 Å². The summed E-state index contributed by atoms with van der Waals surface area (Å²) in [5.74, 6) is 0.437. The number of hydrogen-bond acceptors (Lipinski definition) is 5. The molecule has 3 aromatic rings. The summed E-state index contributed by atoms with van der Waals surface area (Å²) in [4.78, 5) is 31.0. The number of rotatable bonds is 7. The number of aromatic nitrogens is 1. The number of nitrogens with zero attached hydrogens (tertiary/aromatic N) is 2. The Bertz CT molecular complexity index is 1190. The molecular weight excluding hydrogens is 428 g/mol. The second kappa shape index (κ2) is 10.3. The number of aliphatic hydroxyl groups excluding tert-OH is 1. The fourth-order valence-electron chi connectivity index (χ4n) is 4.99. The Morgan fingerprint density at radius 3 is 2.68 bits per heavy atom. The third-order valence-corrected chi connectivity index (χ3v) is 6.65. The molecule has 0 unspecified atom stereocenters. The van der Waals surface area contributed by atoms with E-state index in [4.69, 9.17) is 9.84 Å². The van der Waals surface area contributed by atoms with Crippen LogP contribution in [0.1, 0.15) is 37.3 Å². The van der Waals surface area contributed by atoms with Gasteiger partial charge in [0.15, 0.2) is 11.9 Å². The van der Waals surface area contributed by atoms with E-state index in [1.54, 1.807) is 11.8 Å². The number of carbonyl (C=O) groups excluding carboxylic acids is 2. The van der Waals surface area contributed by atoms with Gasteiger partial charge in [0, 0.05) is 37.2 Å². The van der Waals surface area contributed by atoms with Crippen molar-refractivity contribution in [1.82, 2.24) is 9.88 Å². The third-order valence-electron chi connectivity index (χ3n) is 6.65. The highest BCUT2D eigenvalue weighted by atomic mass is 16.5. The van der Waals surface area contributed by atoms with Gasteiger partial charge in [-0.15, -0.1) is 0 Å². The molecule has 0 saturated carbocycles. The Kier molecular flexibility index (Phi) is 7.27. The van der Waals surface area contributed by atoms with Gasteiger partial charge in [-0.05, 0) is 80.0 Å². The van der Waals surface area contributed by atoms with Gasteiger partial charge in [0.1, 0.15) is 12.4 Å². The van der Waals surface area contributed by atoms with Crippen LogP contribution in [-0.2, 0) is 9.59 Å². The van der Waals surface area contributed by atoms with Crippen LogP contribution in [0, 0.1) is 19.8 Å². The number of amides is 1. The van der Waals surface area contributed by atoms with Crippen molar-refractivity contribution in [2.75, 3.05) is 19.7 Å². The van der Waals surface area contributed by atoms with Crippen LogP contribution >= 0.6 is 0 Å². The molecule has 1 fully saturated rings. The quantitative estimate of drug-likeness (QED) is 0.563. The van der Waals surface area contributed by atoms with Crippen molar-refractivity contribution in [2.24, 2.45) is 5.92 Å². The Balaban J connectivity index is 1.50. The third kappa shape index (κ3) is 5.12. The van der Waals surface area contributed by atoms with Crippen molar-refractivity contribution in [3.8, 4) is 16.9 Å². The highest BCUT2D eigenvalue weighted by Gasteiger charge is 2.28. The van der Waals surface area contributed by atoms with Crippen molar-refractivity contribution in [3.63, 3.8) is 0 Å². The zero-order valence-electron chi connectivity index (χ0n) is 20.1. The number of hydrogen-bond donors (Lipinski definition) is 1. The molecule has 1 aliphatic heterocycles. The fourth-order valence-corrected chi connectivity index (χ4v) is 4.99. The highest BCUT2D eigenvalue weighted by Crippen LogP contribution is 2.34. The fraction of sp³-hybridized carbons (Fsp3) is 0.393. The number of carbonyl (C=O) groups is 2. The van der Waals surface area contributed by atoms with Crippen LogP contribution in [0.25, 0.3) is 22.0 Å². The lowest BCUT2D eigenvalue weighted by Gasteiger charge is -2.34. The van der Waals surface area contributed by atoms with E-state index >= 15 is 0 Å². The van der Waals surface area contributed by atoms with Gasteiger partial charge in [0.25, 0.3) is 5.91 Å². The average molecular weight is 461 g/mol. The van der Waals surface area contributed by atoms with E-state index in [0.29, 0.717) is 25.3 Å². The number of pyridine rings is 1. The normalized spacial score (nSPS) is 16.9. The largest absolute Gasteiger partial charge is 0.481 e. The lowest BCUT2D eigenvalue weighted by molar-refractivity contribution is -0.140. The second-order valence-corrected chi connectivity index (χ2v) is 9.26. The van der Waals surface area contributed by atoms with Crippen LogP contribution in [0.5, 0.6) is 5.75 Å². The summed E-state index contributed by atoms with van der Waals surface area (Å²) in [7, 11) is 0. The molecule has 2 atom stereocenters. The topological polar surface area (TPSA) is 79.7 Å². The molecule has 1 aliphatic rings. The molecule has 1 amide bonds. The molecule has 1 saturated heterocycles. The Labute approximate surface area is 200 Å². The van der Waals surface area contributed by atoms with Crippen molar-refractivity contribution in [3.05, 3.63) is 59.8 Å². The number of aliphatic hydroxyl groups is 1. The molecule has 0 spiro atoms. The smallest absolute Gasteiger partial charge is 0.263 e. The molecule has 6 heteroatoms. The van der Waals surface area contributed by atoms with Gasteiger partial charge >= 0.3 is 0 Å². The lowest BCUT2D eigenvalue weighted by atomic mass is 9.93. The molecule has 2 heterocycles. The van der Waals surface area contributed by atoms with Crippen LogP contribution in [0.3, 0.4) is 0 Å². The van der Waals surface area contributed by atoms with E-state index in [1.165, 1.54) is 16.7 Å². The first-order valence-corrected chi connectivity index (χ1v) is 11.9. The molecule has 0 radical (unpaired) electrons. The first-order valence-electron chi connectivity index (χ1n) is 11.9. The van der Waals surface area contributed by atoms with E-state index in [1.807, 2.05) is 30.5 Å². The van der Waals surface area contributed by atoms with Gasteiger partial charge < -0.3 is 14.7 Å². The summed E-state index contributed by atoms with van der Waals surface area (Å²) in [6, 6.07) is 14.1. The number of fused-ring (bicyclic) bond motifs is 1. The van der Waals surface area contributed by atoms with Gasteiger partial charge in [-0.2, -0.15) is 0 Å². The van der Waals surface area contributed by atoms with E-state index in [0.717, 1.165) is 29.3 Å². The van der Waals surface area contributed by atoms with E-state index in [2.05, 4.69) is 37.0 Å². The standard InChI is InChI=1S/C28H32N2O4/c1-18-6-4-7-19(2)27(18)25-11-12-29-26-15-23(9-10-24(25)26)34-20(3)28(33)30-13-5-8-21(16-30)14-22(32)17-31/h4,6-7,9-12,15,20-21,31H,5,8,13-14,16-17H2,1-3H3/t20-,21-/m1/s1. The maximum Gasteiger partial charge on any atom is 0.263 e. The van der Waals surface area contributed by atoms with Crippen molar-refractivity contribution >= 4 is 22.6 Å². The van der Waals surface area contributed by atoms with Gasteiger partial charge in [-0.1, -0.05) is 18.2 Å². The Morgan fingerprint density at radius 1 is 1.18 bits per heavy atom. The van der Waals surface area contributed by atoms with Crippen molar-refractivity contribution in [2.45, 2.75) is 46.1 Å². The van der Waals surface area contributed by atoms with Crippen molar-refractivity contribution in [1.29, 1.82) is 0 Å². The molecule has 0 aliphatic carbocycles. The molecule has 4 rings (SSSR count). The Morgan fingerprint density at radius 2 is 1.94 bits per heavy atom. The molecule has 34 heavy (non-hydrogen) atoms. The minimum atomic E-state index is -0.647. The summed E-state index contributed by atoms with van der Waals surface area (Å²) in [5, 5.41) is 10.1. The first-order chi connectivity index (χ1) is 16.4. The zero-order valence-corrected chi connectivity index (χ0v) is 20.1. The number of benzene rings is 2. The SMILES string of the molecule is Cc1cccc(C)c1-c1ccnc2cc(O[C@H](C)C(=O)N3CCC[C@H](CC(=O)CO)C3)ccc12. The highest BCUT2D eigenvalue weighted by molar-refractivity contribution is 5.96. The molecular formula is C28H32N2O4. The molecule has 0 bridgehead atoms. The van der Waals surface area contributed by atoms with Crippen LogP contribution in [0.2, 0.25) is 0 Å². The Hall–Kier alpha value is -3.25. The second-order valence-electron chi connectivity index (χ2n) is 9.26. The van der Waals surface area contributed by atoms with Gasteiger partial charge in [-0.3, -0.25) is 14.6 Å². The summed E-state index contributed by atoms with van der Waals surface area (Å²) < 4.78 is 6.03. The number of ether oxygens (including phenoxy) is 1. The van der Waals surface area contributed by atoms with Crippen LogP contribution in [-0.4, -0.2) is 52.5 Å². The molecule has 178 valence electrons. The molecule has 1 N–H and O–H groups in total. The number of aryl methyl sites for hydroxylation is 2. The predicted octanol–water partition coefficient (Wildman–Crippen LogP) is 4.48. The van der Waals surface area contributed by atoms with E-state index < -0.39 is 12.7 Å². The van der Waals surface area contributed by atoms with Crippen LogP contribution < -0.4 is 4.74 Å². The zero-order chi connectivity index (χ0) is 24.2. The monoisotopic (exact) mass is 460 g/mol. The molecule has 6 nitrogen and oxygen atoms in total. The first kappa shape index (κ1) is 23.9. The minimum Gasteiger partial charge on any atom is -0.481 e. The summed E-state index contributed by atoms with van der Waals surface area (Å²) in [5.41, 5.74) is 5.59. The summed E-state index contributed by atoms with van der Waals surface area (Å²) in [6.07, 6.45) is 3.22.